The van der Waals surface area contributed by atoms with Gasteiger partial charge in [-0.15, -0.1) is 35.3 Å². The van der Waals surface area contributed by atoms with Gasteiger partial charge in [-0.3, -0.25) is 4.79 Å². The van der Waals surface area contributed by atoms with Crippen LogP contribution in [0.25, 0.3) is 0 Å². The van der Waals surface area contributed by atoms with Crippen molar-refractivity contribution in [2.45, 2.75) is 26.9 Å². The third-order valence-electron chi connectivity index (χ3n) is 3.96. The van der Waals surface area contributed by atoms with E-state index in [2.05, 4.69) is 27.5 Å². The van der Waals surface area contributed by atoms with E-state index in [0.29, 0.717) is 19.0 Å². The molecule has 9 heteroatoms. The predicted molar refractivity (Wildman–Crippen MR) is 125 cm³/mol. The Morgan fingerprint density at radius 2 is 1.89 bits per heavy atom. The first-order chi connectivity index (χ1) is 12.9. The summed E-state index contributed by atoms with van der Waals surface area (Å²) in [6, 6.07) is 7.75. The van der Waals surface area contributed by atoms with Crippen LogP contribution < -0.4 is 15.4 Å². The molecule has 2 rings (SSSR count). The second kappa shape index (κ2) is 11.8. The van der Waals surface area contributed by atoms with Crippen LogP contribution in [0.4, 0.5) is 0 Å². The minimum atomic E-state index is -0.0186. The molecule has 28 heavy (non-hydrogen) atoms. The Labute approximate surface area is 187 Å². The Hall–Kier alpha value is -1.88. The molecule has 0 fully saturated rings. The number of aliphatic imine (C=N–C) groups is 1. The highest BCUT2D eigenvalue weighted by atomic mass is 127. The molecule has 1 amide bonds. The number of carbonyl (C=O) groups excluding carboxylic acids is 1. The number of aromatic nitrogens is 1. The number of nitrogens with zero attached hydrogens (tertiary/aromatic N) is 3. The summed E-state index contributed by atoms with van der Waals surface area (Å²) in [6.07, 6.45) is 0. The largest absolute Gasteiger partial charge is 0.497 e. The molecule has 2 aromatic rings. The highest BCUT2D eigenvalue weighted by Crippen LogP contribution is 2.16. The number of carbonyl (C=O) groups is 1. The Bertz CT molecular complexity index is 771. The molecule has 0 saturated heterocycles. The van der Waals surface area contributed by atoms with E-state index in [9.17, 15) is 4.79 Å². The topological polar surface area (TPSA) is 78.8 Å². The molecule has 154 valence electrons. The molecular weight excluding hydrogens is 489 g/mol. The van der Waals surface area contributed by atoms with Crippen LogP contribution in [0.1, 0.15) is 21.1 Å². The third-order valence-corrected chi connectivity index (χ3v) is 5.04. The smallest absolute Gasteiger partial charge is 0.241 e. The number of hydrogen-bond donors (Lipinski definition) is 2. The zero-order valence-electron chi connectivity index (χ0n) is 16.9. The van der Waals surface area contributed by atoms with Crippen LogP contribution in [0, 0.1) is 13.8 Å². The van der Waals surface area contributed by atoms with E-state index in [-0.39, 0.29) is 36.4 Å². The maximum atomic E-state index is 11.9. The molecule has 0 bridgehead atoms. The van der Waals surface area contributed by atoms with Crippen molar-refractivity contribution in [2.75, 3.05) is 27.7 Å². The average Bonchev–Trinajstić information content (AvgIpc) is 2.98. The lowest BCUT2D eigenvalue weighted by Crippen LogP contribution is -2.42. The molecule has 0 aliphatic carbocycles. The van der Waals surface area contributed by atoms with Crippen molar-refractivity contribution >= 4 is 47.2 Å². The summed E-state index contributed by atoms with van der Waals surface area (Å²) < 4.78 is 5.17. The number of hydrogen-bond acceptors (Lipinski definition) is 5. The summed E-state index contributed by atoms with van der Waals surface area (Å²) in [4.78, 5) is 23.7. The van der Waals surface area contributed by atoms with Crippen molar-refractivity contribution in [3.63, 3.8) is 0 Å². The molecule has 0 radical (unpaired) electrons. The van der Waals surface area contributed by atoms with Crippen LogP contribution in [0.3, 0.4) is 0 Å². The number of nitrogens with one attached hydrogen (secondary N) is 2. The highest BCUT2D eigenvalue weighted by Gasteiger charge is 2.08. The maximum Gasteiger partial charge on any atom is 0.241 e. The van der Waals surface area contributed by atoms with E-state index in [0.717, 1.165) is 22.0 Å². The lowest BCUT2D eigenvalue weighted by Gasteiger charge is -2.14. The average molecular weight is 517 g/mol. The summed E-state index contributed by atoms with van der Waals surface area (Å²) in [5, 5.41) is 7.33. The fourth-order valence-corrected chi connectivity index (χ4v) is 3.04. The van der Waals surface area contributed by atoms with Gasteiger partial charge in [0.25, 0.3) is 0 Å². The number of aryl methyl sites for hydroxylation is 2. The highest BCUT2D eigenvalue weighted by molar-refractivity contribution is 14.0. The van der Waals surface area contributed by atoms with Crippen LogP contribution in [0.2, 0.25) is 0 Å². The van der Waals surface area contributed by atoms with Crippen molar-refractivity contribution in [3.8, 4) is 5.75 Å². The van der Waals surface area contributed by atoms with E-state index in [1.165, 1.54) is 4.88 Å². The minimum absolute atomic E-state index is 0. The van der Waals surface area contributed by atoms with Crippen molar-refractivity contribution in [2.24, 2.45) is 4.99 Å². The number of guanidine groups is 1. The first kappa shape index (κ1) is 24.2. The second-order valence-corrected chi connectivity index (χ2v) is 7.55. The van der Waals surface area contributed by atoms with Gasteiger partial charge >= 0.3 is 0 Å². The first-order valence-corrected chi connectivity index (χ1v) is 9.49. The normalized spacial score (nSPS) is 10.8. The van der Waals surface area contributed by atoms with Gasteiger partial charge in [0.15, 0.2) is 5.96 Å². The minimum Gasteiger partial charge on any atom is -0.497 e. The lowest BCUT2D eigenvalue weighted by molar-refractivity contribution is -0.127. The molecule has 2 N–H and O–H groups in total. The van der Waals surface area contributed by atoms with Gasteiger partial charge in [0.05, 0.1) is 32.4 Å². The SMILES string of the molecule is COc1ccc(CN=C(NCC(=O)N(C)C)NCc2nc(C)c(C)s2)cc1.I. The third kappa shape index (κ3) is 7.63. The number of methoxy groups -OCH3 is 1. The van der Waals surface area contributed by atoms with Crippen LogP contribution in [-0.2, 0) is 17.9 Å². The fraction of sp³-hybridized carbons (Fsp3) is 0.421. The summed E-state index contributed by atoms with van der Waals surface area (Å²) in [5.74, 6) is 1.37. The summed E-state index contributed by atoms with van der Waals surface area (Å²) in [5.41, 5.74) is 2.10. The van der Waals surface area contributed by atoms with Gasteiger partial charge in [-0.2, -0.15) is 0 Å². The van der Waals surface area contributed by atoms with Crippen molar-refractivity contribution < 1.29 is 9.53 Å². The number of amides is 1. The summed E-state index contributed by atoms with van der Waals surface area (Å²) in [6.45, 7) is 5.29. The number of likely N-dealkylation sites (N-methyl/N-ethyl adjacent to an activating group) is 1. The van der Waals surface area contributed by atoms with Crippen molar-refractivity contribution in [1.82, 2.24) is 20.5 Å². The van der Waals surface area contributed by atoms with Crippen LogP contribution in [0.15, 0.2) is 29.3 Å². The molecule has 0 aliphatic rings. The van der Waals surface area contributed by atoms with E-state index in [4.69, 9.17) is 4.74 Å². The van der Waals surface area contributed by atoms with Gasteiger partial charge in [-0.25, -0.2) is 9.98 Å². The van der Waals surface area contributed by atoms with Crippen LogP contribution >= 0.6 is 35.3 Å². The molecule has 1 heterocycles. The summed E-state index contributed by atoms with van der Waals surface area (Å²) >= 11 is 1.66. The van der Waals surface area contributed by atoms with Gasteiger partial charge in [0, 0.05) is 19.0 Å². The molecule has 0 atom stereocenters. The second-order valence-electron chi connectivity index (χ2n) is 6.26. The van der Waals surface area contributed by atoms with Crippen LogP contribution in [-0.4, -0.2) is 49.5 Å². The lowest BCUT2D eigenvalue weighted by atomic mass is 10.2. The monoisotopic (exact) mass is 517 g/mol. The standard InChI is InChI=1S/C19H27N5O2S.HI/c1-13-14(2)27-17(23-13)11-21-19(22-12-18(25)24(3)4)20-10-15-6-8-16(26-5)9-7-15;/h6-9H,10-12H2,1-5H3,(H2,20,21,22);1H. The van der Waals surface area contributed by atoms with Gasteiger partial charge in [-0.05, 0) is 31.5 Å². The number of halogens is 1. The molecule has 1 aromatic carbocycles. The Kier molecular flexibility index (Phi) is 10.2. The number of rotatable bonds is 7. The van der Waals surface area contributed by atoms with E-state index in [1.54, 1.807) is 37.4 Å². The molecule has 0 spiro atoms. The predicted octanol–water partition coefficient (Wildman–Crippen LogP) is 2.71. The Morgan fingerprint density at radius 1 is 1.21 bits per heavy atom. The molecule has 0 aliphatic heterocycles. The van der Waals surface area contributed by atoms with E-state index in [1.807, 2.05) is 31.2 Å². The Morgan fingerprint density at radius 3 is 2.43 bits per heavy atom. The number of thiazole rings is 1. The zero-order valence-corrected chi connectivity index (χ0v) is 20.1. The molecule has 7 nitrogen and oxygen atoms in total. The zero-order chi connectivity index (χ0) is 19.8. The number of ether oxygens (including phenoxy) is 1. The molecule has 1 aromatic heterocycles. The first-order valence-electron chi connectivity index (χ1n) is 8.67. The Balaban J connectivity index is 0.00000392. The van der Waals surface area contributed by atoms with Crippen LogP contribution in [0.5, 0.6) is 5.75 Å². The van der Waals surface area contributed by atoms with Gasteiger partial charge in [0.2, 0.25) is 5.91 Å². The molecule has 0 saturated carbocycles. The maximum absolute atomic E-state index is 11.9. The van der Waals surface area contributed by atoms with E-state index >= 15 is 0 Å². The van der Waals surface area contributed by atoms with Crippen molar-refractivity contribution in [1.29, 1.82) is 0 Å². The van der Waals surface area contributed by atoms with Gasteiger partial charge in [-0.1, -0.05) is 12.1 Å². The quantitative estimate of drug-likeness (QED) is 0.336. The van der Waals surface area contributed by atoms with Crippen molar-refractivity contribution in [3.05, 3.63) is 45.4 Å². The fourth-order valence-electron chi connectivity index (χ4n) is 2.17. The van der Waals surface area contributed by atoms with Gasteiger partial charge in [0.1, 0.15) is 10.8 Å². The molecule has 0 unspecified atom stereocenters. The van der Waals surface area contributed by atoms with E-state index < -0.39 is 0 Å². The number of benzene rings is 1. The summed E-state index contributed by atoms with van der Waals surface area (Å²) in [7, 11) is 5.10. The van der Waals surface area contributed by atoms with Gasteiger partial charge < -0.3 is 20.3 Å². The molecular formula is C19H28IN5O2S.